The average Bonchev–Trinajstić information content (AvgIpc) is 2.46. The highest BCUT2D eigenvalue weighted by Gasteiger charge is 2.21. The van der Waals surface area contributed by atoms with Crippen molar-refractivity contribution in [2.24, 2.45) is 0 Å². The zero-order chi connectivity index (χ0) is 15.9. The molecular weight excluding hydrogens is 312 g/mol. The molecule has 0 unspecified atom stereocenters. The number of anilines is 1. The quantitative estimate of drug-likeness (QED) is 0.404. The zero-order valence-electron chi connectivity index (χ0n) is 12.1. The molecule has 21 heavy (non-hydrogen) atoms. The van der Waals surface area contributed by atoms with Crippen molar-refractivity contribution in [1.82, 2.24) is 4.72 Å². The fraction of sp³-hybridized carbons (Fsp3) is 0.385. The van der Waals surface area contributed by atoms with E-state index in [2.05, 4.69) is 11.3 Å². The van der Waals surface area contributed by atoms with Crippen molar-refractivity contribution in [2.75, 3.05) is 38.0 Å². The van der Waals surface area contributed by atoms with Crippen molar-refractivity contribution in [2.45, 2.75) is 4.90 Å². The van der Waals surface area contributed by atoms with Gasteiger partial charge in [0.2, 0.25) is 10.0 Å². The molecule has 0 fully saturated rings. The van der Waals surface area contributed by atoms with Crippen molar-refractivity contribution >= 4 is 27.5 Å². The van der Waals surface area contributed by atoms with E-state index < -0.39 is 10.0 Å². The molecule has 0 aliphatic rings. The Balaban J connectivity index is 2.91. The standard InChI is InChI=1S/C13H20N2O4S2/c1-4-6-20-7-5-15-21(16,17)13-8-10(14)11(18-2)9-12(13)19-3/h4,8-9,15H,1,5-7,14H2,2-3H3. The molecule has 118 valence electrons. The van der Waals surface area contributed by atoms with Crippen LogP contribution in [0.2, 0.25) is 0 Å². The number of ether oxygens (including phenoxy) is 2. The van der Waals surface area contributed by atoms with E-state index in [1.807, 2.05) is 0 Å². The van der Waals surface area contributed by atoms with Crippen molar-refractivity contribution < 1.29 is 17.9 Å². The highest BCUT2D eigenvalue weighted by molar-refractivity contribution is 7.99. The third kappa shape index (κ3) is 4.83. The van der Waals surface area contributed by atoms with Crippen LogP contribution in [0.15, 0.2) is 29.7 Å². The second-order valence-corrected chi connectivity index (χ2v) is 6.89. The minimum Gasteiger partial charge on any atom is -0.495 e. The summed E-state index contributed by atoms with van der Waals surface area (Å²) in [4.78, 5) is -0.00276. The van der Waals surface area contributed by atoms with Crippen LogP contribution in [-0.2, 0) is 10.0 Å². The number of rotatable bonds is 9. The Morgan fingerprint density at radius 2 is 2.00 bits per heavy atom. The number of methoxy groups -OCH3 is 2. The van der Waals surface area contributed by atoms with Crippen LogP contribution in [0.4, 0.5) is 5.69 Å². The van der Waals surface area contributed by atoms with Crippen LogP contribution < -0.4 is 19.9 Å². The van der Waals surface area contributed by atoms with Gasteiger partial charge in [0.15, 0.2) is 0 Å². The smallest absolute Gasteiger partial charge is 0.244 e. The van der Waals surface area contributed by atoms with Crippen molar-refractivity contribution in [3.05, 3.63) is 24.8 Å². The predicted molar refractivity (Wildman–Crippen MR) is 86.7 cm³/mol. The first-order valence-electron chi connectivity index (χ1n) is 6.16. The van der Waals surface area contributed by atoms with E-state index in [1.54, 1.807) is 17.8 Å². The third-order valence-corrected chi connectivity index (χ3v) is 5.03. The number of nitrogens with one attached hydrogen (secondary N) is 1. The van der Waals surface area contributed by atoms with Gasteiger partial charge in [-0.05, 0) is 6.07 Å². The molecule has 3 N–H and O–H groups in total. The minimum absolute atomic E-state index is 0.00276. The molecule has 6 nitrogen and oxygen atoms in total. The Morgan fingerprint density at radius 1 is 1.33 bits per heavy atom. The van der Waals surface area contributed by atoms with Gasteiger partial charge in [0, 0.05) is 24.1 Å². The minimum atomic E-state index is -3.69. The summed E-state index contributed by atoms with van der Waals surface area (Å²) < 4.78 is 37.2. The first-order chi connectivity index (χ1) is 9.96. The monoisotopic (exact) mass is 332 g/mol. The average molecular weight is 332 g/mol. The molecule has 0 spiro atoms. The second-order valence-electron chi connectivity index (χ2n) is 4.01. The van der Waals surface area contributed by atoms with E-state index in [-0.39, 0.29) is 16.3 Å². The van der Waals surface area contributed by atoms with Gasteiger partial charge < -0.3 is 15.2 Å². The van der Waals surface area contributed by atoms with Crippen molar-refractivity contribution in [1.29, 1.82) is 0 Å². The Kier molecular flexibility index (Phi) is 6.86. The summed E-state index contributed by atoms with van der Waals surface area (Å²) in [6.07, 6.45) is 1.77. The van der Waals surface area contributed by atoms with Crippen LogP contribution in [0, 0.1) is 0 Å². The van der Waals surface area contributed by atoms with Gasteiger partial charge in [-0.25, -0.2) is 13.1 Å². The molecule has 0 saturated heterocycles. The van der Waals surface area contributed by atoms with Gasteiger partial charge >= 0.3 is 0 Å². The number of hydrogen-bond donors (Lipinski definition) is 2. The highest BCUT2D eigenvalue weighted by atomic mass is 32.2. The van der Waals surface area contributed by atoms with Crippen LogP contribution in [0.1, 0.15) is 0 Å². The summed E-state index contributed by atoms with van der Waals surface area (Å²) in [6, 6.07) is 2.78. The van der Waals surface area contributed by atoms with Gasteiger partial charge in [-0.15, -0.1) is 6.58 Å². The maximum atomic E-state index is 12.3. The van der Waals surface area contributed by atoms with E-state index in [4.69, 9.17) is 15.2 Å². The van der Waals surface area contributed by atoms with Crippen LogP contribution in [0.5, 0.6) is 11.5 Å². The maximum absolute atomic E-state index is 12.3. The van der Waals surface area contributed by atoms with Gasteiger partial charge in [-0.3, -0.25) is 0 Å². The Labute approximate surface area is 129 Å². The lowest BCUT2D eigenvalue weighted by molar-refractivity contribution is 0.387. The first-order valence-corrected chi connectivity index (χ1v) is 8.79. The fourth-order valence-corrected chi connectivity index (χ4v) is 3.52. The molecule has 0 heterocycles. The van der Waals surface area contributed by atoms with E-state index in [0.29, 0.717) is 18.0 Å². The normalized spacial score (nSPS) is 11.1. The van der Waals surface area contributed by atoms with Crippen LogP contribution in [-0.4, -0.2) is 40.7 Å². The second kappa shape index (κ2) is 8.16. The molecule has 1 aromatic carbocycles. The summed E-state index contributed by atoms with van der Waals surface area (Å²) in [7, 11) is -0.842. The number of sulfonamides is 1. The molecule has 0 bridgehead atoms. The summed E-state index contributed by atoms with van der Waals surface area (Å²) in [5.41, 5.74) is 5.99. The Bertz CT molecular complexity index is 588. The molecule has 0 aliphatic heterocycles. The summed E-state index contributed by atoms with van der Waals surface area (Å²) >= 11 is 1.59. The number of hydrogen-bond acceptors (Lipinski definition) is 6. The molecular formula is C13H20N2O4S2. The third-order valence-electron chi connectivity index (χ3n) is 2.58. The summed E-state index contributed by atoms with van der Waals surface area (Å²) in [5, 5.41) is 0. The molecule has 1 aromatic rings. The molecule has 0 aliphatic carbocycles. The molecule has 8 heteroatoms. The van der Waals surface area contributed by atoms with Gasteiger partial charge in [0.1, 0.15) is 16.4 Å². The lowest BCUT2D eigenvalue weighted by Crippen LogP contribution is -2.26. The Morgan fingerprint density at radius 3 is 2.57 bits per heavy atom. The van der Waals surface area contributed by atoms with Crippen molar-refractivity contribution in [3.63, 3.8) is 0 Å². The number of thioether (sulfide) groups is 1. The van der Waals surface area contributed by atoms with Gasteiger partial charge in [-0.1, -0.05) is 6.08 Å². The predicted octanol–water partition coefficient (Wildman–Crippen LogP) is 1.48. The lowest BCUT2D eigenvalue weighted by atomic mass is 10.3. The maximum Gasteiger partial charge on any atom is 0.244 e. The first kappa shape index (κ1) is 17.7. The van der Waals surface area contributed by atoms with Gasteiger partial charge in [0.25, 0.3) is 0 Å². The van der Waals surface area contributed by atoms with E-state index in [1.165, 1.54) is 26.4 Å². The molecule has 0 amide bonds. The van der Waals surface area contributed by atoms with E-state index in [9.17, 15) is 8.42 Å². The van der Waals surface area contributed by atoms with Crippen molar-refractivity contribution in [3.8, 4) is 11.5 Å². The van der Waals surface area contributed by atoms with Gasteiger partial charge in [0.05, 0.1) is 19.9 Å². The molecule has 0 aromatic heterocycles. The zero-order valence-corrected chi connectivity index (χ0v) is 13.7. The highest BCUT2D eigenvalue weighted by Crippen LogP contribution is 2.33. The summed E-state index contributed by atoms with van der Waals surface area (Å²) in [6.45, 7) is 3.92. The number of nitrogen functional groups attached to an aromatic ring is 1. The molecule has 0 radical (unpaired) electrons. The molecule has 1 rings (SSSR count). The fourth-order valence-electron chi connectivity index (χ4n) is 1.60. The van der Waals surface area contributed by atoms with Gasteiger partial charge in [-0.2, -0.15) is 11.8 Å². The SMILES string of the molecule is C=CCSCCNS(=O)(=O)c1cc(N)c(OC)cc1OC. The topological polar surface area (TPSA) is 90.7 Å². The largest absolute Gasteiger partial charge is 0.495 e. The lowest BCUT2D eigenvalue weighted by Gasteiger charge is -2.13. The Hall–Kier alpha value is -1.38. The molecule has 0 atom stereocenters. The van der Waals surface area contributed by atoms with E-state index in [0.717, 1.165) is 5.75 Å². The van der Waals surface area contributed by atoms with Crippen LogP contribution in [0.3, 0.4) is 0 Å². The number of nitrogens with two attached hydrogens (primary N) is 1. The summed E-state index contributed by atoms with van der Waals surface area (Å²) in [5.74, 6) is 1.99. The van der Waals surface area contributed by atoms with Crippen LogP contribution in [0.25, 0.3) is 0 Å². The van der Waals surface area contributed by atoms with Crippen LogP contribution >= 0.6 is 11.8 Å². The number of benzene rings is 1. The van der Waals surface area contributed by atoms with E-state index >= 15 is 0 Å². The molecule has 0 saturated carbocycles.